The summed E-state index contributed by atoms with van der Waals surface area (Å²) in [5.41, 5.74) is 0.969. The lowest BCUT2D eigenvalue weighted by Gasteiger charge is -2.22. The minimum atomic E-state index is -0.118. The highest BCUT2D eigenvalue weighted by Crippen LogP contribution is 2.41. The van der Waals surface area contributed by atoms with Crippen molar-refractivity contribution < 1.29 is 9.53 Å². The van der Waals surface area contributed by atoms with E-state index < -0.39 is 0 Å². The summed E-state index contributed by atoms with van der Waals surface area (Å²) >= 11 is 1.71. The van der Waals surface area contributed by atoms with Crippen LogP contribution in [-0.4, -0.2) is 30.3 Å². The molecule has 2 heterocycles. The van der Waals surface area contributed by atoms with Gasteiger partial charge in [0.25, 0.3) is 0 Å². The van der Waals surface area contributed by atoms with E-state index in [1.165, 1.54) is 17.8 Å². The summed E-state index contributed by atoms with van der Waals surface area (Å²) in [7, 11) is 0. The Kier molecular flexibility index (Phi) is 5.21. The van der Waals surface area contributed by atoms with Crippen molar-refractivity contribution >= 4 is 17.4 Å². The maximum Gasteiger partial charge on any atom is 0.315 e. The first kappa shape index (κ1) is 16.7. The van der Waals surface area contributed by atoms with Crippen molar-refractivity contribution in [1.82, 2.24) is 15.6 Å². The number of amides is 2. The Morgan fingerprint density at radius 2 is 2.17 bits per heavy atom. The summed E-state index contributed by atoms with van der Waals surface area (Å²) in [6.45, 7) is 7.80. The number of rotatable bonds is 6. The van der Waals surface area contributed by atoms with E-state index in [4.69, 9.17) is 4.74 Å². The van der Waals surface area contributed by atoms with Gasteiger partial charge in [0, 0.05) is 30.4 Å². The van der Waals surface area contributed by atoms with E-state index >= 15 is 0 Å². The highest BCUT2D eigenvalue weighted by molar-refractivity contribution is 7.09. The fourth-order valence-corrected chi connectivity index (χ4v) is 4.26. The van der Waals surface area contributed by atoms with Gasteiger partial charge < -0.3 is 15.4 Å². The number of hydrogen-bond acceptors (Lipinski definition) is 4. The number of thiazole rings is 1. The number of carbonyl (C=O) groups excluding carboxylic acids is 1. The third kappa shape index (κ3) is 4.23. The molecule has 0 bridgehead atoms. The van der Waals surface area contributed by atoms with Gasteiger partial charge in [-0.05, 0) is 32.1 Å². The van der Waals surface area contributed by atoms with Crippen LogP contribution in [0.2, 0.25) is 0 Å². The Balaban J connectivity index is 1.44. The SMILES string of the molecule is CC(C)[C@H]1OCC[C@H]1CNC(=O)N[C@@H](C)c1csc(C2CC2)n1. The van der Waals surface area contributed by atoms with Crippen molar-refractivity contribution in [2.24, 2.45) is 11.8 Å². The van der Waals surface area contributed by atoms with Gasteiger partial charge in [-0.3, -0.25) is 0 Å². The van der Waals surface area contributed by atoms with Crippen molar-refractivity contribution in [1.29, 1.82) is 0 Å². The van der Waals surface area contributed by atoms with Crippen LogP contribution < -0.4 is 10.6 Å². The molecule has 2 amide bonds. The van der Waals surface area contributed by atoms with Gasteiger partial charge in [0.1, 0.15) is 0 Å². The van der Waals surface area contributed by atoms with Crippen LogP contribution in [0.3, 0.4) is 0 Å². The minimum Gasteiger partial charge on any atom is -0.378 e. The zero-order valence-corrected chi connectivity index (χ0v) is 15.0. The second kappa shape index (κ2) is 7.18. The first-order valence-electron chi connectivity index (χ1n) is 8.66. The van der Waals surface area contributed by atoms with Gasteiger partial charge in [-0.25, -0.2) is 9.78 Å². The van der Waals surface area contributed by atoms with Crippen LogP contribution in [0.15, 0.2) is 5.38 Å². The summed E-state index contributed by atoms with van der Waals surface area (Å²) < 4.78 is 5.76. The Morgan fingerprint density at radius 3 is 2.87 bits per heavy atom. The van der Waals surface area contributed by atoms with Gasteiger partial charge in [0.2, 0.25) is 0 Å². The predicted octanol–water partition coefficient (Wildman–Crippen LogP) is 3.44. The standard InChI is InChI=1S/C17H27N3O2S/c1-10(2)15-13(6-7-22-15)8-18-17(21)19-11(3)14-9-23-16(20-14)12-4-5-12/h9-13,15H,4-8H2,1-3H3,(H2,18,19,21)/t11-,13-,15+/m0/s1. The Bertz CT molecular complexity index is 542. The fraction of sp³-hybridized carbons (Fsp3) is 0.765. The Labute approximate surface area is 142 Å². The summed E-state index contributed by atoms with van der Waals surface area (Å²) in [6.07, 6.45) is 3.80. The molecule has 0 spiro atoms. The minimum absolute atomic E-state index is 0.0560. The van der Waals surface area contributed by atoms with E-state index in [0.29, 0.717) is 24.3 Å². The van der Waals surface area contributed by atoms with Crippen LogP contribution in [0, 0.1) is 11.8 Å². The first-order chi connectivity index (χ1) is 11.0. The molecule has 1 aliphatic carbocycles. The van der Waals surface area contributed by atoms with Crippen molar-refractivity contribution in [3.63, 3.8) is 0 Å². The van der Waals surface area contributed by atoms with Crippen LogP contribution in [0.1, 0.15) is 62.7 Å². The molecule has 1 aromatic heterocycles. The molecular weight excluding hydrogens is 310 g/mol. The van der Waals surface area contributed by atoms with Gasteiger partial charge in [-0.1, -0.05) is 13.8 Å². The van der Waals surface area contributed by atoms with Crippen molar-refractivity contribution in [3.8, 4) is 0 Å². The molecule has 0 unspecified atom stereocenters. The monoisotopic (exact) mass is 337 g/mol. The lowest BCUT2D eigenvalue weighted by Crippen LogP contribution is -2.41. The van der Waals surface area contributed by atoms with E-state index in [2.05, 4.69) is 34.8 Å². The van der Waals surface area contributed by atoms with Gasteiger partial charge >= 0.3 is 6.03 Å². The number of aromatic nitrogens is 1. The second-order valence-electron chi connectivity index (χ2n) is 7.09. The molecule has 1 aromatic rings. The van der Waals surface area contributed by atoms with Crippen LogP contribution in [0.5, 0.6) is 0 Å². The van der Waals surface area contributed by atoms with Crippen LogP contribution >= 0.6 is 11.3 Å². The third-order valence-corrected chi connectivity index (χ3v) is 5.73. The van der Waals surface area contributed by atoms with E-state index in [-0.39, 0.29) is 18.2 Å². The number of nitrogens with zero attached hydrogens (tertiary/aromatic N) is 1. The molecule has 23 heavy (non-hydrogen) atoms. The molecule has 0 radical (unpaired) electrons. The van der Waals surface area contributed by atoms with Crippen molar-refractivity contribution in [2.45, 2.75) is 58.1 Å². The maximum atomic E-state index is 12.1. The molecule has 3 atom stereocenters. The Hall–Kier alpha value is -1.14. The first-order valence-corrected chi connectivity index (χ1v) is 9.54. The van der Waals surface area contributed by atoms with E-state index in [0.717, 1.165) is 18.7 Å². The molecule has 3 rings (SSSR count). The third-order valence-electron chi connectivity index (χ3n) is 4.70. The smallest absolute Gasteiger partial charge is 0.315 e. The van der Waals surface area contributed by atoms with E-state index in [1.807, 2.05) is 6.92 Å². The Morgan fingerprint density at radius 1 is 1.39 bits per heavy atom. The van der Waals surface area contributed by atoms with Crippen LogP contribution in [0.25, 0.3) is 0 Å². The summed E-state index contributed by atoms with van der Waals surface area (Å²) in [5.74, 6) is 1.57. The zero-order valence-electron chi connectivity index (χ0n) is 14.2. The topological polar surface area (TPSA) is 63.2 Å². The lowest BCUT2D eigenvalue weighted by atomic mass is 9.93. The molecule has 128 valence electrons. The molecular formula is C17H27N3O2S. The molecule has 2 aliphatic rings. The molecule has 5 nitrogen and oxygen atoms in total. The summed E-state index contributed by atoms with van der Waals surface area (Å²) in [5, 5.41) is 9.27. The summed E-state index contributed by atoms with van der Waals surface area (Å²) in [4.78, 5) is 16.8. The number of carbonyl (C=O) groups is 1. The average molecular weight is 337 g/mol. The average Bonchev–Trinajstić information content (AvgIpc) is 3.05. The maximum absolute atomic E-state index is 12.1. The lowest BCUT2D eigenvalue weighted by molar-refractivity contribution is 0.0545. The van der Waals surface area contributed by atoms with Crippen LogP contribution in [0.4, 0.5) is 4.79 Å². The number of urea groups is 1. The van der Waals surface area contributed by atoms with Gasteiger partial charge in [0.15, 0.2) is 0 Å². The normalized spacial score (nSPS) is 25.6. The molecule has 1 saturated heterocycles. The zero-order chi connectivity index (χ0) is 16.4. The summed E-state index contributed by atoms with van der Waals surface area (Å²) in [6, 6.07) is -0.174. The molecule has 0 aromatic carbocycles. The largest absolute Gasteiger partial charge is 0.378 e. The van der Waals surface area contributed by atoms with Gasteiger partial charge in [0.05, 0.1) is 22.8 Å². The second-order valence-corrected chi connectivity index (χ2v) is 7.98. The van der Waals surface area contributed by atoms with Crippen LogP contribution in [-0.2, 0) is 4.74 Å². The van der Waals surface area contributed by atoms with E-state index in [9.17, 15) is 4.79 Å². The number of hydrogen-bond donors (Lipinski definition) is 2. The van der Waals surface area contributed by atoms with Gasteiger partial charge in [-0.15, -0.1) is 11.3 Å². The molecule has 1 saturated carbocycles. The molecule has 1 aliphatic heterocycles. The highest BCUT2D eigenvalue weighted by Gasteiger charge is 2.31. The number of nitrogens with one attached hydrogen (secondary N) is 2. The molecule has 2 N–H and O–H groups in total. The number of ether oxygens (including phenoxy) is 1. The highest BCUT2D eigenvalue weighted by atomic mass is 32.1. The molecule has 6 heteroatoms. The van der Waals surface area contributed by atoms with Crippen molar-refractivity contribution in [2.75, 3.05) is 13.2 Å². The van der Waals surface area contributed by atoms with E-state index in [1.54, 1.807) is 11.3 Å². The molecule has 2 fully saturated rings. The predicted molar refractivity (Wildman–Crippen MR) is 91.7 cm³/mol. The van der Waals surface area contributed by atoms with Gasteiger partial charge in [-0.2, -0.15) is 0 Å². The quantitative estimate of drug-likeness (QED) is 0.836. The van der Waals surface area contributed by atoms with Crippen molar-refractivity contribution in [3.05, 3.63) is 16.1 Å². The fourth-order valence-electron chi connectivity index (χ4n) is 3.17.